The fourth-order valence-electron chi connectivity index (χ4n) is 1.82. The van der Waals surface area contributed by atoms with Crippen molar-refractivity contribution >= 4 is 22.8 Å². The summed E-state index contributed by atoms with van der Waals surface area (Å²) in [4.78, 5) is 20.6. The molecule has 0 fully saturated rings. The van der Waals surface area contributed by atoms with Gasteiger partial charge < -0.3 is 5.32 Å². The lowest BCUT2D eigenvalue weighted by Gasteiger charge is -2.05. The summed E-state index contributed by atoms with van der Waals surface area (Å²) in [6.45, 7) is 0. The van der Waals surface area contributed by atoms with E-state index in [1.807, 2.05) is 6.07 Å². The molecule has 0 atom stereocenters. The largest absolute Gasteiger partial charge is 0.306 e. The fourth-order valence-corrected chi connectivity index (χ4v) is 1.82. The van der Waals surface area contributed by atoms with Gasteiger partial charge in [-0.2, -0.15) is 10.4 Å². The van der Waals surface area contributed by atoms with Crippen molar-refractivity contribution < 1.29 is 4.79 Å². The van der Waals surface area contributed by atoms with Crippen molar-refractivity contribution in [2.45, 2.75) is 0 Å². The SMILES string of the molecule is N#Cc1cn[nH]c1NC(=O)c1cccc2nccnc12. The predicted molar refractivity (Wildman–Crippen MR) is 70.8 cm³/mol. The van der Waals surface area contributed by atoms with Gasteiger partial charge in [0.15, 0.2) is 0 Å². The highest BCUT2D eigenvalue weighted by atomic mass is 16.1. The number of hydrogen-bond acceptors (Lipinski definition) is 5. The molecule has 20 heavy (non-hydrogen) atoms. The Bertz CT molecular complexity index is 827. The van der Waals surface area contributed by atoms with Gasteiger partial charge in [-0.3, -0.25) is 19.9 Å². The van der Waals surface area contributed by atoms with E-state index in [4.69, 9.17) is 5.26 Å². The molecule has 7 nitrogen and oxygen atoms in total. The lowest BCUT2D eigenvalue weighted by Crippen LogP contribution is -2.14. The average Bonchev–Trinajstić information content (AvgIpc) is 2.93. The third-order valence-electron chi connectivity index (χ3n) is 2.74. The van der Waals surface area contributed by atoms with Crippen LogP contribution in [0.1, 0.15) is 15.9 Å². The van der Waals surface area contributed by atoms with Gasteiger partial charge in [-0.1, -0.05) is 6.07 Å². The zero-order chi connectivity index (χ0) is 13.9. The van der Waals surface area contributed by atoms with Gasteiger partial charge in [0, 0.05) is 12.4 Å². The number of hydrogen-bond donors (Lipinski definition) is 2. The van der Waals surface area contributed by atoms with Crippen LogP contribution in [0.5, 0.6) is 0 Å². The first kappa shape index (κ1) is 11.8. The number of carbonyl (C=O) groups is 1. The van der Waals surface area contributed by atoms with Crippen molar-refractivity contribution in [1.29, 1.82) is 5.26 Å². The molecule has 3 aromatic rings. The van der Waals surface area contributed by atoms with Crippen LogP contribution in [-0.2, 0) is 0 Å². The number of anilines is 1. The van der Waals surface area contributed by atoms with Gasteiger partial charge >= 0.3 is 0 Å². The number of aromatic amines is 1. The monoisotopic (exact) mass is 264 g/mol. The molecule has 2 heterocycles. The van der Waals surface area contributed by atoms with Crippen LogP contribution < -0.4 is 5.32 Å². The number of carbonyl (C=O) groups excluding carboxylic acids is 1. The van der Waals surface area contributed by atoms with Crippen molar-refractivity contribution in [3.05, 3.63) is 47.9 Å². The molecule has 0 aliphatic rings. The summed E-state index contributed by atoms with van der Waals surface area (Å²) in [5.41, 5.74) is 1.79. The van der Waals surface area contributed by atoms with Gasteiger partial charge in [-0.25, -0.2) is 0 Å². The molecule has 1 amide bonds. The Kier molecular flexibility index (Phi) is 2.82. The second-order valence-electron chi connectivity index (χ2n) is 3.95. The normalized spacial score (nSPS) is 10.2. The molecule has 0 radical (unpaired) electrons. The van der Waals surface area contributed by atoms with E-state index in [2.05, 4.69) is 25.5 Å². The van der Waals surface area contributed by atoms with Gasteiger partial charge in [0.05, 0.1) is 17.3 Å². The zero-order valence-corrected chi connectivity index (χ0v) is 10.2. The number of nitrogens with one attached hydrogen (secondary N) is 2. The van der Waals surface area contributed by atoms with Gasteiger partial charge in [-0.05, 0) is 12.1 Å². The van der Waals surface area contributed by atoms with E-state index in [0.29, 0.717) is 16.6 Å². The maximum atomic E-state index is 12.3. The highest BCUT2D eigenvalue weighted by Crippen LogP contribution is 2.16. The second-order valence-corrected chi connectivity index (χ2v) is 3.95. The number of para-hydroxylation sites is 1. The standard InChI is InChI=1S/C13H8N6O/c14-6-8-7-17-19-12(8)18-13(20)9-2-1-3-10-11(9)16-5-4-15-10/h1-5,7H,(H2,17,18,19,20). The van der Waals surface area contributed by atoms with Crippen LogP contribution >= 0.6 is 0 Å². The molecule has 2 aromatic heterocycles. The quantitative estimate of drug-likeness (QED) is 0.728. The number of benzene rings is 1. The van der Waals surface area contributed by atoms with E-state index >= 15 is 0 Å². The third-order valence-corrected chi connectivity index (χ3v) is 2.74. The van der Waals surface area contributed by atoms with E-state index in [1.165, 1.54) is 12.4 Å². The Balaban J connectivity index is 2.00. The van der Waals surface area contributed by atoms with E-state index < -0.39 is 0 Å². The molecule has 0 unspecified atom stereocenters. The van der Waals surface area contributed by atoms with Crippen molar-refractivity contribution in [2.24, 2.45) is 0 Å². The van der Waals surface area contributed by atoms with Crippen molar-refractivity contribution in [2.75, 3.05) is 5.32 Å². The number of nitrogens with zero attached hydrogens (tertiary/aromatic N) is 4. The minimum atomic E-state index is -0.378. The van der Waals surface area contributed by atoms with Crippen LogP contribution in [0.3, 0.4) is 0 Å². The first-order valence-corrected chi connectivity index (χ1v) is 5.74. The Morgan fingerprint density at radius 1 is 1.30 bits per heavy atom. The van der Waals surface area contributed by atoms with Crippen LogP contribution in [0, 0.1) is 11.3 Å². The minimum absolute atomic E-state index is 0.262. The second kappa shape index (κ2) is 4.78. The molecule has 0 aliphatic carbocycles. The van der Waals surface area contributed by atoms with Crippen molar-refractivity contribution in [3.8, 4) is 6.07 Å². The number of aromatic nitrogens is 4. The first-order chi connectivity index (χ1) is 9.79. The zero-order valence-electron chi connectivity index (χ0n) is 10.2. The topological polar surface area (TPSA) is 107 Å². The summed E-state index contributed by atoms with van der Waals surface area (Å²) >= 11 is 0. The van der Waals surface area contributed by atoms with Gasteiger partial charge in [0.2, 0.25) is 0 Å². The van der Waals surface area contributed by atoms with E-state index in [9.17, 15) is 4.79 Å². The molecule has 96 valence electrons. The van der Waals surface area contributed by atoms with Crippen molar-refractivity contribution in [3.63, 3.8) is 0 Å². The molecule has 0 saturated heterocycles. The highest BCUT2D eigenvalue weighted by Gasteiger charge is 2.14. The molecule has 2 N–H and O–H groups in total. The summed E-state index contributed by atoms with van der Waals surface area (Å²) in [6, 6.07) is 7.08. The molecule has 0 aliphatic heterocycles. The van der Waals surface area contributed by atoms with Crippen LogP contribution in [0.4, 0.5) is 5.82 Å². The molecule has 0 saturated carbocycles. The summed E-state index contributed by atoms with van der Waals surface area (Å²) in [6.07, 6.45) is 4.43. The number of rotatable bonds is 2. The number of nitriles is 1. The maximum Gasteiger partial charge on any atom is 0.259 e. The lowest BCUT2D eigenvalue weighted by molar-refractivity contribution is 0.102. The molecule has 1 aromatic carbocycles. The average molecular weight is 264 g/mol. The molecular weight excluding hydrogens is 256 g/mol. The predicted octanol–water partition coefficient (Wildman–Crippen LogP) is 1.48. The summed E-state index contributed by atoms with van der Waals surface area (Å²) in [5.74, 6) is -0.116. The molecule has 0 spiro atoms. The minimum Gasteiger partial charge on any atom is -0.306 e. The highest BCUT2D eigenvalue weighted by molar-refractivity contribution is 6.11. The van der Waals surface area contributed by atoms with Crippen LogP contribution in [0.2, 0.25) is 0 Å². The lowest BCUT2D eigenvalue weighted by atomic mass is 10.1. The third kappa shape index (κ3) is 1.95. The summed E-state index contributed by atoms with van der Waals surface area (Å²) in [7, 11) is 0. The number of fused-ring (bicyclic) bond motifs is 1. The summed E-state index contributed by atoms with van der Waals surface area (Å²) < 4.78 is 0. The Morgan fingerprint density at radius 3 is 3.00 bits per heavy atom. The molecular formula is C13H8N6O. The maximum absolute atomic E-state index is 12.3. The number of amides is 1. The Hall–Kier alpha value is -3.27. The fraction of sp³-hybridized carbons (Fsp3) is 0. The van der Waals surface area contributed by atoms with Gasteiger partial charge in [-0.15, -0.1) is 0 Å². The summed E-state index contributed by atoms with van der Waals surface area (Å²) in [5, 5.41) is 17.8. The van der Waals surface area contributed by atoms with E-state index in [-0.39, 0.29) is 17.3 Å². The van der Waals surface area contributed by atoms with Crippen LogP contribution in [0.15, 0.2) is 36.8 Å². The molecule has 7 heteroatoms. The van der Waals surface area contributed by atoms with Gasteiger partial charge in [0.1, 0.15) is 23.0 Å². The van der Waals surface area contributed by atoms with Crippen LogP contribution in [0.25, 0.3) is 11.0 Å². The molecule has 3 rings (SSSR count). The van der Waals surface area contributed by atoms with Crippen LogP contribution in [-0.4, -0.2) is 26.1 Å². The Labute approximate surface area is 113 Å². The van der Waals surface area contributed by atoms with Crippen molar-refractivity contribution in [1.82, 2.24) is 20.2 Å². The smallest absolute Gasteiger partial charge is 0.259 e. The van der Waals surface area contributed by atoms with Gasteiger partial charge in [0.25, 0.3) is 5.91 Å². The first-order valence-electron chi connectivity index (χ1n) is 5.74. The van der Waals surface area contributed by atoms with E-state index in [1.54, 1.807) is 24.4 Å². The van der Waals surface area contributed by atoms with E-state index in [0.717, 1.165) is 0 Å². The Morgan fingerprint density at radius 2 is 2.15 bits per heavy atom. The molecule has 0 bridgehead atoms. The number of H-pyrrole nitrogens is 1.